The van der Waals surface area contributed by atoms with Gasteiger partial charge in [-0.15, -0.1) is 0 Å². The van der Waals surface area contributed by atoms with E-state index in [0.29, 0.717) is 22.3 Å². The van der Waals surface area contributed by atoms with E-state index in [1.54, 1.807) is 24.3 Å². The molecular weight excluding hydrogens is 620 g/mol. The number of hydrogen-bond donors (Lipinski definition) is 0. The monoisotopic (exact) mass is 648 g/mol. The summed E-state index contributed by atoms with van der Waals surface area (Å²) in [5, 5.41) is 0. The van der Waals surface area contributed by atoms with Gasteiger partial charge in [0.15, 0.2) is 0 Å². The van der Waals surface area contributed by atoms with Crippen LogP contribution in [0, 0.1) is 23.3 Å². The molecule has 0 bridgehead atoms. The Balaban J connectivity index is 0.000000175. The van der Waals surface area contributed by atoms with Crippen LogP contribution in [0.3, 0.4) is 0 Å². The zero-order chi connectivity index (χ0) is 31.7. The second kappa shape index (κ2) is 13.4. The lowest BCUT2D eigenvalue weighted by Gasteiger charge is -2.25. The third-order valence-corrected chi connectivity index (χ3v) is 10.7. The van der Waals surface area contributed by atoms with Crippen LogP contribution >= 0.6 is 0 Å². The first-order chi connectivity index (χ1) is 21.2. The molecule has 44 heavy (non-hydrogen) atoms. The van der Waals surface area contributed by atoms with Crippen LogP contribution in [0.5, 0.6) is 0 Å². The van der Waals surface area contributed by atoms with Crippen molar-refractivity contribution in [3.63, 3.8) is 0 Å². The van der Waals surface area contributed by atoms with Crippen LogP contribution in [-0.2, 0) is 40.5 Å². The second-order valence-electron chi connectivity index (χ2n) is 9.80. The lowest BCUT2D eigenvalue weighted by Crippen LogP contribution is -2.15. The van der Waals surface area contributed by atoms with Gasteiger partial charge in [0.25, 0.3) is 0 Å². The standard InChI is InChI=1S/2C16H14F2O3S/c2*1-20-13-9-5-3-7-11(17)15(9)22(19)16-10(14(13)21-2)6-4-8-12(16)18/h2*3-8,13-14H,1-2H3/t2*13-,14-/m11/s1. The number of methoxy groups -OCH3 is 4. The second-order valence-corrected chi connectivity index (χ2v) is 12.5. The Morgan fingerprint density at radius 1 is 0.432 bits per heavy atom. The van der Waals surface area contributed by atoms with Gasteiger partial charge in [-0.25, -0.2) is 26.0 Å². The van der Waals surface area contributed by atoms with Crippen molar-refractivity contribution in [1.29, 1.82) is 0 Å². The maximum Gasteiger partial charge on any atom is 0.140 e. The quantitative estimate of drug-likeness (QED) is 0.221. The Morgan fingerprint density at radius 2 is 0.636 bits per heavy atom. The first-order valence-corrected chi connectivity index (χ1v) is 15.6. The summed E-state index contributed by atoms with van der Waals surface area (Å²) < 4.78 is 104. The summed E-state index contributed by atoms with van der Waals surface area (Å²) in [6.07, 6.45) is -2.71. The Hall–Kier alpha value is -3.26. The summed E-state index contributed by atoms with van der Waals surface area (Å²) in [4.78, 5) is -0.221. The molecule has 12 heteroatoms. The van der Waals surface area contributed by atoms with Crippen LogP contribution in [0.4, 0.5) is 17.6 Å². The van der Waals surface area contributed by atoms with Crippen molar-refractivity contribution in [1.82, 2.24) is 0 Å². The minimum Gasteiger partial charge on any atom is -0.374 e. The van der Waals surface area contributed by atoms with Crippen molar-refractivity contribution in [3.8, 4) is 0 Å². The van der Waals surface area contributed by atoms with Gasteiger partial charge in [-0.3, -0.25) is 0 Å². The molecule has 4 aromatic carbocycles. The van der Waals surface area contributed by atoms with Crippen molar-refractivity contribution >= 4 is 21.6 Å². The summed E-state index contributed by atoms with van der Waals surface area (Å²) >= 11 is 0. The Labute approximate surface area is 256 Å². The highest BCUT2D eigenvalue weighted by Crippen LogP contribution is 2.46. The van der Waals surface area contributed by atoms with Crippen LogP contribution < -0.4 is 0 Å². The molecule has 0 aromatic heterocycles. The molecular formula is C32H28F4O6S2. The Kier molecular flexibility index (Phi) is 9.78. The fraction of sp³-hybridized carbons (Fsp3) is 0.250. The summed E-state index contributed by atoms with van der Waals surface area (Å²) in [5.74, 6) is -2.60. The molecule has 2 aliphatic heterocycles. The predicted molar refractivity (Wildman–Crippen MR) is 154 cm³/mol. The van der Waals surface area contributed by atoms with Crippen LogP contribution in [0.15, 0.2) is 92.4 Å². The number of fused-ring (bicyclic) bond motifs is 4. The number of rotatable bonds is 4. The van der Waals surface area contributed by atoms with Crippen LogP contribution in [-0.4, -0.2) is 36.9 Å². The Bertz CT molecular complexity index is 1500. The molecule has 0 N–H and O–H groups in total. The largest absolute Gasteiger partial charge is 0.374 e. The highest BCUT2D eigenvalue weighted by Gasteiger charge is 2.39. The van der Waals surface area contributed by atoms with Crippen molar-refractivity contribution in [3.05, 3.63) is 118 Å². The highest BCUT2D eigenvalue weighted by atomic mass is 32.2. The van der Waals surface area contributed by atoms with Gasteiger partial charge < -0.3 is 18.9 Å². The lowest BCUT2D eigenvalue weighted by atomic mass is 9.98. The van der Waals surface area contributed by atoms with Crippen LogP contribution in [0.1, 0.15) is 46.7 Å². The van der Waals surface area contributed by atoms with Gasteiger partial charge in [0.05, 0.1) is 41.2 Å². The first-order valence-electron chi connectivity index (χ1n) is 13.3. The van der Waals surface area contributed by atoms with E-state index in [4.69, 9.17) is 18.9 Å². The van der Waals surface area contributed by atoms with Crippen LogP contribution in [0.2, 0.25) is 0 Å². The molecule has 4 atom stereocenters. The van der Waals surface area contributed by atoms with E-state index in [2.05, 4.69) is 0 Å². The molecule has 6 nitrogen and oxygen atoms in total. The zero-order valence-electron chi connectivity index (χ0n) is 24.0. The van der Waals surface area contributed by atoms with Gasteiger partial charge >= 0.3 is 0 Å². The average Bonchev–Trinajstić information content (AvgIpc) is 3.19. The molecule has 232 valence electrons. The van der Waals surface area contributed by atoms with Gasteiger partial charge in [-0.1, -0.05) is 48.5 Å². The molecule has 0 fully saturated rings. The van der Waals surface area contributed by atoms with Gasteiger partial charge in [-0.05, 0) is 24.3 Å². The fourth-order valence-corrected chi connectivity index (χ4v) is 8.62. The minimum atomic E-state index is -1.99. The van der Waals surface area contributed by atoms with Crippen molar-refractivity contribution in [2.24, 2.45) is 0 Å². The van der Waals surface area contributed by atoms with E-state index in [0.717, 1.165) is 0 Å². The normalized spacial score (nSPS) is 21.1. The minimum absolute atomic E-state index is 0.0553. The van der Waals surface area contributed by atoms with Crippen molar-refractivity contribution < 1.29 is 44.9 Å². The summed E-state index contributed by atoms with van der Waals surface area (Å²) in [6, 6.07) is 17.4. The van der Waals surface area contributed by atoms with Gasteiger partial charge in [0.2, 0.25) is 0 Å². The molecule has 2 aliphatic rings. The van der Waals surface area contributed by atoms with E-state index < -0.39 is 69.3 Å². The molecule has 0 amide bonds. The van der Waals surface area contributed by atoms with Crippen molar-refractivity contribution in [2.75, 3.05) is 28.4 Å². The SMILES string of the molecule is CO[C@@H]1c2cccc(F)c2S(=O)c2c(F)cccc2[C@H]1OC.CO[C@@H]1c2cccc(F)c2S(=O)c2c(F)cccc2[C@H]1OC. The molecule has 0 spiro atoms. The molecule has 0 unspecified atom stereocenters. The summed E-state index contributed by atoms with van der Waals surface area (Å²) in [5.41, 5.74) is 1.62. The summed E-state index contributed by atoms with van der Waals surface area (Å²) in [7, 11) is 1.86. The average molecular weight is 649 g/mol. The highest BCUT2D eigenvalue weighted by molar-refractivity contribution is 7.85. The van der Waals surface area contributed by atoms with E-state index >= 15 is 0 Å². The molecule has 0 radical (unpaired) electrons. The molecule has 2 heterocycles. The third-order valence-electron chi connectivity index (χ3n) is 7.52. The van der Waals surface area contributed by atoms with E-state index in [1.165, 1.54) is 77.0 Å². The molecule has 0 saturated carbocycles. The maximum atomic E-state index is 14.3. The lowest BCUT2D eigenvalue weighted by molar-refractivity contribution is -0.0420. The Morgan fingerprint density at radius 3 is 0.818 bits per heavy atom. The number of benzene rings is 4. The maximum absolute atomic E-state index is 14.3. The van der Waals surface area contributed by atoms with E-state index in [1.807, 2.05) is 0 Å². The fourth-order valence-electron chi connectivity index (χ4n) is 5.64. The number of hydrogen-bond acceptors (Lipinski definition) is 6. The molecule has 0 saturated heterocycles. The van der Waals surface area contributed by atoms with Gasteiger partial charge in [0, 0.05) is 50.7 Å². The van der Waals surface area contributed by atoms with E-state index in [-0.39, 0.29) is 19.6 Å². The molecule has 6 rings (SSSR count). The first kappa shape index (κ1) is 32.1. The third kappa shape index (κ3) is 5.44. The zero-order valence-corrected chi connectivity index (χ0v) is 25.6. The topological polar surface area (TPSA) is 71.1 Å². The van der Waals surface area contributed by atoms with Crippen LogP contribution in [0.25, 0.3) is 0 Å². The summed E-state index contributed by atoms with van der Waals surface area (Å²) in [6.45, 7) is 0. The molecule has 0 aliphatic carbocycles. The van der Waals surface area contributed by atoms with Crippen molar-refractivity contribution in [2.45, 2.75) is 44.0 Å². The van der Waals surface area contributed by atoms with Gasteiger partial charge in [-0.2, -0.15) is 0 Å². The number of ether oxygens (including phenoxy) is 4. The smallest absolute Gasteiger partial charge is 0.140 e. The molecule has 4 aromatic rings. The predicted octanol–water partition coefficient (Wildman–Crippen LogP) is 7.04. The number of halogens is 4. The van der Waals surface area contributed by atoms with Gasteiger partial charge in [0.1, 0.15) is 47.7 Å². The van der Waals surface area contributed by atoms with E-state index in [9.17, 15) is 26.0 Å².